The van der Waals surface area contributed by atoms with Crippen LogP contribution in [0.25, 0.3) is 0 Å². The van der Waals surface area contributed by atoms with Gasteiger partial charge in [-0.1, -0.05) is 82.7 Å². The summed E-state index contributed by atoms with van der Waals surface area (Å²) in [6.45, 7) is 5.68. The minimum Gasteiger partial charge on any atom is -0.393 e. The van der Waals surface area contributed by atoms with E-state index in [2.05, 4.69) is 26.0 Å². The molecular weight excluding hydrogens is 272 g/mol. The van der Waals surface area contributed by atoms with Crippen LogP contribution in [-0.4, -0.2) is 17.8 Å². The fourth-order valence-corrected chi connectivity index (χ4v) is 2.69. The van der Waals surface area contributed by atoms with Gasteiger partial charge in [0.2, 0.25) is 0 Å². The second kappa shape index (κ2) is 12.7. The van der Waals surface area contributed by atoms with E-state index in [1.807, 2.05) is 18.2 Å². The molecule has 0 heterocycles. The van der Waals surface area contributed by atoms with E-state index in [0.29, 0.717) is 19.1 Å². The molecule has 0 saturated carbocycles. The van der Waals surface area contributed by atoms with E-state index in [0.717, 1.165) is 12.8 Å². The van der Waals surface area contributed by atoms with Gasteiger partial charge in [-0.15, -0.1) is 0 Å². The predicted molar refractivity (Wildman–Crippen MR) is 93.9 cm³/mol. The molecule has 22 heavy (non-hydrogen) atoms. The monoisotopic (exact) mass is 306 g/mol. The Balaban J connectivity index is 2.00. The molecule has 0 saturated heterocycles. The molecule has 0 bridgehead atoms. The highest BCUT2D eigenvalue weighted by molar-refractivity contribution is 5.13. The normalized spacial score (nSPS) is 14.0. The summed E-state index contributed by atoms with van der Waals surface area (Å²) in [6.07, 6.45) is 9.56. The highest BCUT2D eigenvalue weighted by Crippen LogP contribution is 2.17. The minimum atomic E-state index is -0.230. The lowest BCUT2D eigenvalue weighted by molar-refractivity contribution is 0.0467. The fraction of sp³-hybridized carbons (Fsp3) is 0.700. The molecule has 1 N–H and O–H groups in total. The molecule has 0 amide bonds. The number of rotatable bonds is 13. The van der Waals surface area contributed by atoms with E-state index in [-0.39, 0.29) is 6.10 Å². The number of hydrogen-bond acceptors (Lipinski definition) is 2. The van der Waals surface area contributed by atoms with Gasteiger partial charge in [0.15, 0.2) is 0 Å². The standard InChI is InChI=1S/C20H34O2/c1-3-4-5-6-7-9-12-18(2)20(21)15-16-22-17-19-13-10-8-11-14-19/h8,10-11,13-14,18,20-21H,3-7,9,12,15-17H2,1-2H3. The number of aliphatic hydroxyl groups is 1. The molecule has 2 nitrogen and oxygen atoms in total. The van der Waals surface area contributed by atoms with Crippen LogP contribution in [0.1, 0.15) is 70.8 Å². The lowest BCUT2D eigenvalue weighted by atomic mass is 9.95. The number of aliphatic hydroxyl groups excluding tert-OH is 1. The van der Waals surface area contributed by atoms with E-state index >= 15 is 0 Å². The Labute approximate surface area is 136 Å². The van der Waals surface area contributed by atoms with Crippen molar-refractivity contribution in [3.05, 3.63) is 35.9 Å². The lowest BCUT2D eigenvalue weighted by Crippen LogP contribution is -2.19. The summed E-state index contributed by atoms with van der Waals surface area (Å²) >= 11 is 0. The lowest BCUT2D eigenvalue weighted by Gasteiger charge is -2.18. The van der Waals surface area contributed by atoms with Crippen LogP contribution in [0.15, 0.2) is 30.3 Å². The van der Waals surface area contributed by atoms with Gasteiger partial charge in [0.05, 0.1) is 12.7 Å². The average Bonchev–Trinajstić information content (AvgIpc) is 2.55. The predicted octanol–water partition coefficient (Wildman–Crippen LogP) is 5.34. The van der Waals surface area contributed by atoms with Gasteiger partial charge in [-0.3, -0.25) is 0 Å². The Morgan fingerprint density at radius 3 is 2.36 bits per heavy atom. The van der Waals surface area contributed by atoms with Gasteiger partial charge < -0.3 is 9.84 Å². The smallest absolute Gasteiger partial charge is 0.0716 e. The van der Waals surface area contributed by atoms with E-state index in [9.17, 15) is 5.11 Å². The van der Waals surface area contributed by atoms with Crippen LogP contribution in [0.5, 0.6) is 0 Å². The maximum atomic E-state index is 10.2. The highest BCUT2D eigenvalue weighted by Gasteiger charge is 2.13. The van der Waals surface area contributed by atoms with Gasteiger partial charge in [0.25, 0.3) is 0 Å². The summed E-state index contributed by atoms with van der Waals surface area (Å²) < 4.78 is 5.65. The van der Waals surface area contributed by atoms with Crippen molar-refractivity contribution in [1.82, 2.24) is 0 Å². The van der Waals surface area contributed by atoms with Gasteiger partial charge in [0, 0.05) is 6.61 Å². The molecule has 1 rings (SSSR count). The molecular formula is C20H34O2. The molecule has 2 heteroatoms. The van der Waals surface area contributed by atoms with E-state index in [1.54, 1.807) is 0 Å². The molecule has 1 aromatic carbocycles. The first-order chi connectivity index (χ1) is 10.7. The van der Waals surface area contributed by atoms with Crippen LogP contribution < -0.4 is 0 Å². The molecule has 2 unspecified atom stereocenters. The van der Waals surface area contributed by atoms with Crippen molar-refractivity contribution in [3.8, 4) is 0 Å². The number of hydrogen-bond donors (Lipinski definition) is 1. The largest absolute Gasteiger partial charge is 0.393 e. The second-order valence-corrected chi connectivity index (χ2v) is 6.43. The third kappa shape index (κ3) is 9.22. The van der Waals surface area contributed by atoms with Gasteiger partial charge in [-0.2, -0.15) is 0 Å². The topological polar surface area (TPSA) is 29.5 Å². The first-order valence-corrected chi connectivity index (χ1v) is 9.03. The van der Waals surface area contributed by atoms with Gasteiger partial charge >= 0.3 is 0 Å². The quantitative estimate of drug-likeness (QED) is 0.498. The summed E-state index contributed by atoms with van der Waals surface area (Å²) in [5.41, 5.74) is 1.19. The molecule has 0 spiro atoms. The number of benzene rings is 1. The van der Waals surface area contributed by atoms with Gasteiger partial charge in [-0.05, 0) is 24.3 Å². The Hall–Kier alpha value is -0.860. The number of ether oxygens (including phenoxy) is 1. The summed E-state index contributed by atoms with van der Waals surface area (Å²) in [5, 5.41) is 10.2. The summed E-state index contributed by atoms with van der Waals surface area (Å²) in [4.78, 5) is 0. The van der Waals surface area contributed by atoms with Crippen molar-refractivity contribution >= 4 is 0 Å². The first-order valence-electron chi connectivity index (χ1n) is 9.03. The molecule has 0 radical (unpaired) electrons. The van der Waals surface area contributed by atoms with Crippen LogP contribution in [0.4, 0.5) is 0 Å². The van der Waals surface area contributed by atoms with Crippen molar-refractivity contribution in [2.45, 2.75) is 77.9 Å². The number of unbranched alkanes of at least 4 members (excludes halogenated alkanes) is 5. The van der Waals surface area contributed by atoms with E-state index in [4.69, 9.17) is 4.74 Å². The molecule has 0 aliphatic heterocycles. The summed E-state index contributed by atoms with van der Waals surface area (Å²) in [6, 6.07) is 10.2. The molecule has 0 fully saturated rings. The summed E-state index contributed by atoms with van der Waals surface area (Å²) in [7, 11) is 0. The maximum absolute atomic E-state index is 10.2. The molecule has 0 aliphatic rings. The van der Waals surface area contributed by atoms with E-state index < -0.39 is 0 Å². The zero-order valence-electron chi connectivity index (χ0n) is 14.5. The first kappa shape index (κ1) is 19.2. The Morgan fingerprint density at radius 2 is 1.64 bits per heavy atom. The third-order valence-electron chi connectivity index (χ3n) is 4.34. The highest BCUT2D eigenvalue weighted by atomic mass is 16.5. The zero-order valence-corrected chi connectivity index (χ0v) is 14.5. The van der Waals surface area contributed by atoms with Gasteiger partial charge in [-0.25, -0.2) is 0 Å². The molecule has 0 aromatic heterocycles. The maximum Gasteiger partial charge on any atom is 0.0716 e. The Bertz CT molecular complexity index is 350. The molecule has 126 valence electrons. The van der Waals surface area contributed by atoms with Crippen molar-refractivity contribution in [3.63, 3.8) is 0 Å². The Morgan fingerprint density at radius 1 is 0.955 bits per heavy atom. The van der Waals surface area contributed by atoms with Crippen LogP contribution in [0.2, 0.25) is 0 Å². The van der Waals surface area contributed by atoms with Crippen molar-refractivity contribution in [2.24, 2.45) is 5.92 Å². The van der Waals surface area contributed by atoms with Crippen molar-refractivity contribution < 1.29 is 9.84 Å². The van der Waals surface area contributed by atoms with Crippen molar-refractivity contribution in [1.29, 1.82) is 0 Å². The second-order valence-electron chi connectivity index (χ2n) is 6.43. The molecule has 0 aliphatic carbocycles. The SMILES string of the molecule is CCCCCCCCC(C)C(O)CCOCc1ccccc1. The Kier molecular flexibility index (Phi) is 11.0. The summed E-state index contributed by atoms with van der Waals surface area (Å²) in [5.74, 6) is 0.381. The zero-order chi connectivity index (χ0) is 16.0. The van der Waals surface area contributed by atoms with Crippen LogP contribution in [-0.2, 0) is 11.3 Å². The third-order valence-corrected chi connectivity index (χ3v) is 4.34. The van der Waals surface area contributed by atoms with E-state index in [1.165, 1.54) is 44.1 Å². The van der Waals surface area contributed by atoms with Crippen molar-refractivity contribution in [2.75, 3.05) is 6.61 Å². The van der Waals surface area contributed by atoms with Crippen LogP contribution in [0, 0.1) is 5.92 Å². The fourth-order valence-electron chi connectivity index (χ4n) is 2.69. The van der Waals surface area contributed by atoms with Crippen LogP contribution in [0.3, 0.4) is 0 Å². The molecule has 1 aromatic rings. The van der Waals surface area contributed by atoms with Gasteiger partial charge in [0.1, 0.15) is 0 Å². The molecule has 2 atom stereocenters. The average molecular weight is 306 g/mol. The van der Waals surface area contributed by atoms with Crippen LogP contribution >= 0.6 is 0 Å². The minimum absolute atomic E-state index is 0.230.